The SMILES string of the molecule is CCCC1CCC(C2CCC(/C=C/CCc3ccc(-c4ccc(OC)c(F)c4F)cc3)CC2)CC1. The van der Waals surface area contributed by atoms with Gasteiger partial charge in [0.2, 0.25) is 5.82 Å². The summed E-state index contributed by atoms with van der Waals surface area (Å²) in [6, 6.07) is 10.8. The predicted molar refractivity (Wildman–Crippen MR) is 142 cm³/mol. The maximum atomic E-state index is 14.4. The second-order valence-corrected chi connectivity index (χ2v) is 10.9. The number of allylic oxidation sites excluding steroid dienone is 2. The molecule has 0 unspecified atom stereocenters. The van der Waals surface area contributed by atoms with Crippen LogP contribution < -0.4 is 4.74 Å². The van der Waals surface area contributed by atoms with E-state index in [1.807, 2.05) is 24.3 Å². The molecule has 0 aliphatic heterocycles. The first-order valence-corrected chi connectivity index (χ1v) is 13.9. The minimum absolute atomic E-state index is 0.0716. The first kappa shape index (κ1) is 25.9. The molecule has 2 aliphatic rings. The Kier molecular flexibility index (Phi) is 9.40. The first-order valence-electron chi connectivity index (χ1n) is 13.9. The van der Waals surface area contributed by atoms with Gasteiger partial charge in [0.15, 0.2) is 11.6 Å². The van der Waals surface area contributed by atoms with E-state index in [1.165, 1.54) is 82.9 Å². The number of hydrogen-bond donors (Lipinski definition) is 0. The smallest absolute Gasteiger partial charge is 0.201 e. The van der Waals surface area contributed by atoms with Crippen molar-refractivity contribution >= 4 is 0 Å². The van der Waals surface area contributed by atoms with Gasteiger partial charge < -0.3 is 4.74 Å². The monoisotopic (exact) mass is 480 g/mol. The average molecular weight is 481 g/mol. The molecule has 35 heavy (non-hydrogen) atoms. The van der Waals surface area contributed by atoms with E-state index in [0.717, 1.165) is 36.5 Å². The Morgan fingerprint density at radius 3 is 2.11 bits per heavy atom. The molecule has 190 valence electrons. The van der Waals surface area contributed by atoms with Crippen molar-refractivity contribution in [3.63, 3.8) is 0 Å². The molecule has 2 aromatic rings. The van der Waals surface area contributed by atoms with Crippen LogP contribution in [0.5, 0.6) is 5.75 Å². The molecule has 0 radical (unpaired) electrons. The van der Waals surface area contributed by atoms with Crippen molar-refractivity contribution < 1.29 is 13.5 Å². The number of methoxy groups -OCH3 is 1. The summed E-state index contributed by atoms with van der Waals surface area (Å²) in [4.78, 5) is 0. The van der Waals surface area contributed by atoms with Crippen molar-refractivity contribution in [1.29, 1.82) is 0 Å². The molecule has 0 amide bonds. The van der Waals surface area contributed by atoms with E-state index in [9.17, 15) is 8.78 Å². The zero-order chi connectivity index (χ0) is 24.6. The highest BCUT2D eigenvalue weighted by molar-refractivity contribution is 5.65. The fourth-order valence-corrected chi connectivity index (χ4v) is 6.47. The number of halogens is 2. The van der Waals surface area contributed by atoms with Crippen molar-refractivity contribution in [2.24, 2.45) is 23.7 Å². The number of hydrogen-bond acceptors (Lipinski definition) is 1. The molecule has 0 saturated heterocycles. The third-order valence-electron chi connectivity index (χ3n) is 8.61. The van der Waals surface area contributed by atoms with Gasteiger partial charge in [0, 0.05) is 5.56 Å². The van der Waals surface area contributed by atoms with Crippen molar-refractivity contribution in [2.45, 2.75) is 84.0 Å². The van der Waals surface area contributed by atoms with Gasteiger partial charge >= 0.3 is 0 Å². The van der Waals surface area contributed by atoms with Crippen molar-refractivity contribution in [3.8, 4) is 16.9 Å². The van der Waals surface area contributed by atoms with Gasteiger partial charge in [0.1, 0.15) is 0 Å². The van der Waals surface area contributed by atoms with E-state index in [-0.39, 0.29) is 11.3 Å². The van der Waals surface area contributed by atoms with E-state index in [0.29, 0.717) is 5.56 Å². The Labute approximate surface area is 211 Å². The van der Waals surface area contributed by atoms with Crippen LogP contribution in [-0.4, -0.2) is 7.11 Å². The lowest BCUT2D eigenvalue weighted by atomic mass is 9.68. The quantitative estimate of drug-likeness (QED) is 0.325. The van der Waals surface area contributed by atoms with Gasteiger partial charge in [-0.25, -0.2) is 4.39 Å². The molecule has 4 rings (SSSR count). The summed E-state index contributed by atoms with van der Waals surface area (Å²) >= 11 is 0. The minimum atomic E-state index is -0.937. The third kappa shape index (κ3) is 6.74. The largest absolute Gasteiger partial charge is 0.494 e. The predicted octanol–water partition coefficient (Wildman–Crippen LogP) is 9.54. The maximum Gasteiger partial charge on any atom is 0.201 e. The lowest BCUT2D eigenvalue weighted by Crippen LogP contribution is -2.25. The molecule has 0 atom stereocenters. The molecule has 2 aromatic carbocycles. The fourth-order valence-electron chi connectivity index (χ4n) is 6.47. The standard InChI is InChI=1S/C32H42F2O/c1-3-6-23-9-15-26(16-10-23)27-17-11-24(12-18-27)7-4-5-8-25-13-19-28(20-14-25)29-21-22-30(35-2)32(34)31(29)33/h4,7,13-14,19-24,26-27H,3,5-6,8-12,15-18H2,1-2H3/b7-4+. The molecule has 2 aliphatic carbocycles. The van der Waals surface area contributed by atoms with Crippen LogP contribution in [-0.2, 0) is 6.42 Å². The average Bonchev–Trinajstić information content (AvgIpc) is 2.90. The fraction of sp³-hybridized carbons (Fsp3) is 0.562. The van der Waals surface area contributed by atoms with Gasteiger partial charge in [-0.3, -0.25) is 0 Å². The van der Waals surface area contributed by atoms with Crippen LogP contribution in [0.4, 0.5) is 8.78 Å². The van der Waals surface area contributed by atoms with E-state index in [4.69, 9.17) is 4.74 Å². The summed E-state index contributed by atoms with van der Waals surface area (Å²) in [6.07, 6.45) is 21.1. The Hall–Kier alpha value is -2.16. The van der Waals surface area contributed by atoms with E-state index >= 15 is 0 Å². The molecule has 0 aromatic heterocycles. The number of benzene rings is 2. The molecule has 2 fully saturated rings. The zero-order valence-electron chi connectivity index (χ0n) is 21.6. The molecular formula is C32H42F2O. The number of rotatable bonds is 9. The molecule has 3 heteroatoms. The molecular weight excluding hydrogens is 438 g/mol. The normalized spacial score (nSPS) is 25.1. The summed E-state index contributed by atoms with van der Waals surface area (Å²) in [7, 11) is 1.34. The van der Waals surface area contributed by atoms with Gasteiger partial charge in [-0.05, 0) is 98.3 Å². The van der Waals surface area contributed by atoms with Crippen LogP contribution in [0.25, 0.3) is 11.1 Å². The van der Waals surface area contributed by atoms with Gasteiger partial charge in [0.25, 0.3) is 0 Å². The Morgan fingerprint density at radius 2 is 1.49 bits per heavy atom. The van der Waals surface area contributed by atoms with Crippen molar-refractivity contribution in [2.75, 3.05) is 7.11 Å². The van der Waals surface area contributed by atoms with Crippen LogP contribution in [0, 0.1) is 35.3 Å². The lowest BCUT2D eigenvalue weighted by molar-refractivity contribution is 0.152. The summed E-state index contributed by atoms with van der Waals surface area (Å²) in [5.74, 6) is 1.86. The zero-order valence-corrected chi connectivity index (χ0v) is 21.6. The number of aryl methyl sites for hydroxylation is 1. The summed E-state index contributed by atoms with van der Waals surface area (Å²) < 4.78 is 33.3. The Bertz CT molecular complexity index is 948. The van der Waals surface area contributed by atoms with E-state index in [1.54, 1.807) is 6.07 Å². The third-order valence-corrected chi connectivity index (χ3v) is 8.61. The topological polar surface area (TPSA) is 9.23 Å². The highest BCUT2D eigenvalue weighted by atomic mass is 19.2. The highest BCUT2D eigenvalue weighted by Gasteiger charge is 2.30. The van der Waals surface area contributed by atoms with E-state index < -0.39 is 11.6 Å². The molecule has 0 bridgehead atoms. The van der Waals surface area contributed by atoms with Gasteiger partial charge in [0.05, 0.1) is 7.11 Å². The maximum absolute atomic E-state index is 14.4. The second kappa shape index (κ2) is 12.7. The Morgan fingerprint density at radius 1 is 0.829 bits per heavy atom. The summed E-state index contributed by atoms with van der Waals surface area (Å²) in [5, 5.41) is 0. The summed E-state index contributed by atoms with van der Waals surface area (Å²) in [5.41, 5.74) is 2.16. The molecule has 0 heterocycles. The van der Waals surface area contributed by atoms with E-state index in [2.05, 4.69) is 19.1 Å². The van der Waals surface area contributed by atoms with Crippen LogP contribution in [0.15, 0.2) is 48.6 Å². The summed E-state index contributed by atoms with van der Waals surface area (Å²) in [6.45, 7) is 2.33. The molecule has 1 nitrogen and oxygen atoms in total. The van der Waals surface area contributed by atoms with Gasteiger partial charge in [-0.2, -0.15) is 4.39 Å². The van der Waals surface area contributed by atoms with Crippen molar-refractivity contribution in [3.05, 3.63) is 65.7 Å². The second-order valence-electron chi connectivity index (χ2n) is 10.9. The van der Waals surface area contributed by atoms with Crippen LogP contribution >= 0.6 is 0 Å². The van der Waals surface area contributed by atoms with Crippen LogP contribution in [0.3, 0.4) is 0 Å². The molecule has 0 spiro atoms. The van der Waals surface area contributed by atoms with Crippen LogP contribution in [0.1, 0.15) is 83.1 Å². The Balaban J connectivity index is 1.19. The minimum Gasteiger partial charge on any atom is -0.494 e. The van der Waals surface area contributed by atoms with Gasteiger partial charge in [-0.1, -0.05) is 69.0 Å². The highest BCUT2D eigenvalue weighted by Crippen LogP contribution is 2.42. The van der Waals surface area contributed by atoms with Crippen molar-refractivity contribution in [1.82, 2.24) is 0 Å². The lowest BCUT2D eigenvalue weighted by Gasteiger charge is -2.37. The first-order chi connectivity index (χ1) is 17.1. The number of ether oxygens (including phenoxy) is 1. The molecule has 2 saturated carbocycles. The van der Waals surface area contributed by atoms with Crippen LogP contribution in [0.2, 0.25) is 0 Å². The van der Waals surface area contributed by atoms with Gasteiger partial charge in [-0.15, -0.1) is 0 Å². The molecule has 0 N–H and O–H groups in total.